The number of nitrogens with one attached hydrogen (secondary N) is 1. The zero-order chi connectivity index (χ0) is 26.3. The van der Waals surface area contributed by atoms with Gasteiger partial charge in [0.1, 0.15) is 12.6 Å². The number of sulfonamides is 1. The molecule has 36 heavy (non-hydrogen) atoms. The van der Waals surface area contributed by atoms with Crippen LogP contribution in [0.4, 0.5) is 5.69 Å². The molecule has 0 aliphatic carbocycles. The first-order chi connectivity index (χ1) is 17.1. The molecule has 0 heterocycles. The molecule has 0 aliphatic rings. The van der Waals surface area contributed by atoms with Crippen molar-refractivity contribution in [3.05, 3.63) is 101 Å². The molecule has 3 rings (SSSR count). The van der Waals surface area contributed by atoms with Crippen molar-refractivity contribution in [2.24, 2.45) is 0 Å². The van der Waals surface area contributed by atoms with E-state index in [0.717, 1.165) is 21.7 Å². The lowest BCUT2D eigenvalue weighted by molar-refractivity contribution is -0.139. The molecule has 0 saturated heterocycles. The van der Waals surface area contributed by atoms with Crippen molar-refractivity contribution in [3.63, 3.8) is 0 Å². The Morgan fingerprint density at radius 3 is 2.06 bits per heavy atom. The van der Waals surface area contributed by atoms with Crippen molar-refractivity contribution in [2.45, 2.75) is 25.9 Å². The third-order valence-corrected chi connectivity index (χ3v) is 7.18. The quantitative estimate of drug-likeness (QED) is 0.434. The number of benzene rings is 3. The van der Waals surface area contributed by atoms with Crippen LogP contribution in [-0.2, 0) is 32.6 Å². The van der Waals surface area contributed by atoms with Gasteiger partial charge in [-0.25, -0.2) is 8.42 Å². The molecule has 3 aromatic carbocycles. The van der Waals surface area contributed by atoms with E-state index in [1.807, 2.05) is 60.7 Å². The highest BCUT2D eigenvalue weighted by atomic mass is 35.5. The Labute approximate surface area is 217 Å². The summed E-state index contributed by atoms with van der Waals surface area (Å²) in [5, 5.41) is 3.12. The molecule has 3 aromatic rings. The first-order valence-corrected chi connectivity index (χ1v) is 13.7. The average molecular weight is 528 g/mol. The molecule has 0 aromatic heterocycles. The fourth-order valence-corrected chi connectivity index (χ4v) is 5.13. The van der Waals surface area contributed by atoms with Gasteiger partial charge >= 0.3 is 0 Å². The van der Waals surface area contributed by atoms with E-state index in [4.69, 9.17) is 11.6 Å². The van der Waals surface area contributed by atoms with Crippen LogP contribution in [-0.4, -0.2) is 51.0 Å². The number of amides is 2. The summed E-state index contributed by atoms with van der Waals surface area (Å²) in [4.78, 5) is 28.3. The third kappa shape index (κ3) is 7.08. The number of carbonyl (C=O) groups excluding carboxylic acids is 2. The van der Waals surface area contributed by atoms with Crippen LogP contribution in [0.1, 0.15) is 16.7 Å². The van der Waals surface area contributed by atoms with Crippen molar-refractivity contribution < 1.29 is 18.0 Å². The fourth-order valence-electron chi connectivity index (χ4n) is 3.99. The second kappa shape index (κ2) is 12.1. The van der Waals surface area contributed by atoms with Gasteiger partial charge in [0.15, 0.2) is 0 Å². The summed E-state index contributed by atoms with van der Waals surface area (Å²) in [6.45, 7) is 1.41. The molecule has 0 saturated carbocycles. The highest BCUT2D eigenvalue weighted by Crippen LogP contribution is 2.26. The van der Waals surface area contributed by atoms with Gasteiger partial charge in [-0.2, -0.15) is 0 Å². The van der Waals surface area contributed by atoms with Crippen LogP contribution >= 0.6 is 11.6 Å². The lowest BCUT2D eigenvalue weighted by atomic mass is 10.0. The number of hydrogen-bond acceptors (Lipinski definition) is 4. The maximum absolute atomic E-state index is 13.8. The largest absolute Gasteiger partial charge is 0.357 e. The molecule has 0 bridgehead atoms. The lowest BCUT2D eigenvalue weighted by Crippen LogP contribution is -2.53. The highest BCUT2D eigenvalue weighted by molar-refractivity contribution is 7.92. The smallest absolute Gasteiger partial charge is 0.244 e. The van der Waals surface area contributed by atoms with Crippen LogP contribution in [0.25, 0.3) is 0 Å². The van der Waals surface area contributed by atoms with Crippen molar-refractivity contribution in [2.75, 3.05) is 24.2 Å². The molecule has 0 aliphatic heterocycles. The Morgan fingerprint density at radius 2 is 1.53 bits per heavy atom. The summed E-state index contributed by atoms with van der Waals surface area (Å²) in [7, 11) is -2.30. The van der Waals surface area contributed by atoms with Crippen molar-refractivity contribution in [1.82, 2.24) is 10.2 Å². The summed E-state index contributed by atoms with van der Waals surface area (Å²) in [6, 6.07) is 22.6. The van der Waals surface area contributed by atoms with E-state index in [2.05, 4.69) is 5.32 Å². The molecule has 0 unspecified atom stereocenters. The van der Waals surface area contributed by atoms with Gasteiger partial charge in [0.25, 0.3) is 0 Å². The summed E-state index contributed by atoms with van der Waals surface area (Å²) in [5.41, 5.74) is 2.67. The number of anilines is 1. The Kier molecular flexibility index (Phi) is 9.12. The summed E-state index contributed by atoms with van der Waals surface area (Å²) >= 11 is 6.06. The Bertz CT molecular complexity index is 1300. The molecule has 0 spiro atoms. The predicted octanol–water partition coefficient (Wildman–Crippen LogP) is 3.80. The van der Waals surface area contributed by atoms with Crippen LogP contribution in [0, 0.1) is 6.92 Å². The molecule has 1 atom stereocenters. The van der Waals surface area contributed by atoms with Gasteiger partial charge in [0, 0.05) is 25.0 Å². The van der Waals surface area contributed by atoms with E-state index < -0.39 is 28.5 Å². The average Bonchev–Trinajstić information content (AvgIpc) is 2.85. The van der Waals surface area contributed by atoms with Gasteiger partial charge < -0.3 is 10.2 Å². The molecule has 190 valence electrons. The van der Waals surface area contributed by atoms with Crippen molar-refractivity contribution in [1.29, 1.82) is 0 Å². The van der Waals surface area contributed by atoms with E-state index in [1.54, 1.807) is 25.1 Å². The standard InChI is InChI=1S/C27H30ClN3O4S/c1-20-16-23(28)14-15-24(20)31(36(3,34)35)19-26(32)30(18-22-12-8-5-9-13-22)25(27(33)29-2)17-21-10-6-4-7-11-21/h4-16,25H,17-19H2,1-3H3,(H,29,33)/t25-/m0/s1. The van der Waals surface area contributed by atoms with Gasteiger partial charge in [-0.1, -0.05) is 72.3 Å². The SMILES string of the molecule is CNC(=O)[C@H](Cc1ccccc1)N(Cc1ccccc1)C(=O)CN(c1ccc(Cl)cc1C)S(C)(=O)=O. The molecule has 1 N–H and O–H groups in total. The van der Waals surface area contributed by atoms with Gasteiger partial charge in [-0.3, -0.25) is 13.9 Å². The van der Waals surface area contributed by atoms with Crippen molar-refractivity contribution in [3.8, 4) is 0 Å². The zero-order valence-electron chi connectivity index (χ0n) is 20.5. The number of aryl methyl sites for hydroxylation is 1. The predicted molar refractivity (Wildman–Crippen MR) is 143 cm³/mol. The third-order valence-electron chi connectivity index (χ3n) is 5.82. The van der Waals surface area contributed by atoms with Crippen LogP contribution in [0.15, 0.2) is 78.9 Å². The monoisotopic (exact) mass is 527 g/mol. The Hall–Kier alpha value is -3.36. The maximum atomic E-state index is 13.8. The fraction of sp³-hybridized carbons (Fsp3) is 0.259. The van der Waals surface area contributed by atoms with Gasteiger partial charge in [-0.15, -0.1) is 0 Å². The highest BCUT2D eigenvalue weighted by Gasteiger charge is 2.32. The minimum Gasteiger partial charge on any atom is -0.357 e. The van der Waals surface area contributed by atoms with Gasteiger partial charge in [-0.05, 0) is 41.8 Å². The number of nitrogens with zero attached hydrogens (tertiary/aromatic N) is 2. The summed E-state index contributed by atoms with van der Waals surface area (Å²) < 4.78 is 26.6. The van der Waals surface area contributed by atoms with E-state index in [1.165, 1.54) is 11.9 Å². The van der Waals surface area contributed by atoms with E-state index in [0.29, 0.717) is 16.3 Å². The van der Waals surface area contributed by atoms with Crippen LogP contribution < -0.4 is 9.62 Å². The van der Waals surface area contributed by atoms with E-state index in [9.17, 15) is 18.0 Å². The molecule has 0 radical (unpaired) electrons. The Morgan fingerprint density at radius 1 is 0.944 bits per heavy atom. The van der Waals surface area contributed by atoms with Crippen LogP contribution in [0.2, 0.25) is 5.02 Å². The topological polar surface area (TPSA) is 86.8 Å². The number of hydrogen-bond donors (Lipinski definition) is 1. The number of likely N-dealkylation sites (N-methyl/N-ethyl adjacent to an activating group) is 1. The van der Waals surface area contributed by atoms with Gasteiger partial charge in [0.05, 0.1) is 11.9 Å². The molecule has 2 amide bonds. The van der Waals surface area contributed by atoms with Crippen molar-refractivity contribution >= 4 is 39.1 Å². The van der Waals surface area contributed by atoms with E-state index >= 15 is 0 Å². The minimum absolute atomic E-state index is 0.141. The van der Waals surface area contributed by atoms with E-state index in [-0.39, 0.29) is 18.9 Å². The molecule has 9 heteroatoms. The number of halogens is 1. The first-order valence-electron chi connectivity index (χ1n) is 11.4. The number of rotatable bonds is 10. The van der Waals surface area contributed by atoms with Crippen LogP contribution in [0.5, 0.6) is 0 Å². The van der Waals surface area contributed by atoms with Crippen LogP contribution in [0.3, 0.4) is 0 Å². The molecular formula is C27H30ClN3O4S. The number of carbonyl (C=O) groups is 2. The summed E-state index contributed by atoms with van der Waals surface area (Å²) in [6.07, 6.45) is 1.33. The maximum Gasteiger partial charge on any atom is 0.244 e. The minimum atomic E-state index is -3.82. The molecule has 0 fully saturated rings. The lowest BCUT2D eigenvalue weighted by Gasteiger charge is -2.33. The molecular weight excluding hydrogens is 498 g/mol. The second-order valence-electron chi connectivity index (χ2n) is 8.53. The Balaban J connectivity index is 2.02. The second-order valence-corrected chi connectivity index (χ2v) is 10.9. The zero-order valence-corrected chi connectivity index (χ0v) is 22.1. The summed E-state index contributed by atoms with van der Waals surface area (Å²) in [5.74, 6) is -0.833. The molecule has 7 nitrogen and oxygen atoms in total. The first kappa shape index (κ1) is 27.2. The normalized spacial score (nSPS) is 12.0. The van der Waals surface area contributed by atoms with Gasteiger partial charge in [0.2, 0.25) is 21.8 Å².